The van der Waals surface area contributed by atoms with Crippen LogP contribution in [0.4, 0.5) is 4.39 Å². The van der Waals surface area contributed by atoms with E-state index in [0.717, 1.165) is 36.3 Å². The molecule has 3 nitrogen and oxygen atoms in total. The van der Waals surface area contributed by atoms with Gasteiger partial charge in [0.1, 0.15) is 5.82 Å². The lowest BCUT2D eigenvalue weighted by molar-refractivity contribution is -0.0614. The third kappa shape index (κ3) is 3.54. The third-order valence-corrected chi connectivity index (χ3v) is 4.17. The largest absolute Gasteiger partial charge is 0.374 e. The van der Waals surface area contributed by atoms with Gasteiger partial charge in [0.25, 0.3) is 0 Å². The highest BCUT2D eigenvalue weighted by Crippen LogP contribution is 2.33. The molecule has 0 aliphatic carbocycles. The Bertz CT molecular complexity index is 430. The Labute approximate surface area is 122 Å². The Kier molecular flexibility index (Phi) is 5.33. The maximum atomic E-state index is 13.2. The van der Waals surface area contributed by atoms with Crippen LogP contribution in [-0.2, 0) is 4.74 Å². The van der Waals surface area contributed by atoms with Gasteiger partial charge >= 0.3 is 0 Å². The van der Waals surface area contributed by atoms with Crippen LogP contribution in [0.1, 0.15) is 18.5 Å². The Morgan fingerprint density at radius 3 is 3.00 bits per heavy atom. The molecule has 5 heteroatoms. The van der Waals surface area contributed by atoms with Crippen molar-refractivity contribution in [1.82, 2.24) is 10.2 Å². The Hall–Kier alpha value is -0.490. The second-order valence-electron chi connectivity index (χ2n) is 4.81. The number of rotatable bonds is 4. The molecule has 2 unspecified atom stereocenters. The van der Waals surface area contributed by atoms with Crippen molar-refractivity contribution in [1.29, 1.82) is 0 Å². The summed E-state index contributed by atoms with van der Waals surface area (Å²) in [5.74, 6) is -0.224. The van der Waals surface area contributed by atoms with Crippen LogP contribution in [0.2, 0.25) is 0 Å². The van der Waals surface area contributed by atoms with Crippen LogP contribution in [0.15, 0.2) is 22.7 Å². The molecular weight excluding hydrogens is 311 g/mol. The first-order chi connectivity index (χ1) is 9.13. The van der Waals surface area contributed by atoms with Crippen molar-refractivity contribution in [2.24, 2.45) is 0 Å². The van der Waals surface area contributed by atoms with E-state index in [-0.39, 0.29) is 18.0 Å². The summed E-state index contributed by atoms with van der Waals surface area (Å²) in [6.45, 7) is 5.42. The van der Waals surface area contributed by atoms with Gasteiger partial charge in [-0.25, -0.2) is 4.39 Å². The summed E-state index contributed by atoms with van der Waals surface area (Å²) in [6.07, 6.45) is 0.0838. The van der Waals surface area contributed by atoms with Crippen LogP contribution in [0.25, 0.3) is 0 Å². The fraction of sp³-hybridized carbons (Fsp3) is 0.571. The zero-order valence-corrected chi connectivity index (χ0v) is 12.9. The number of halogens is 2. The monoisotopic (exact) mass is 330 g/mol. The van der Waals surface area contributed by atoms with E-state index < -0.39 is 0 Å². The average Bonchev–Trinajstić information content (AvgIpc) is 2.37. The summed E-state index contributed by atoms with van der Waals surface area (Å²) in [4.78, 5) is 2.27. The molecule has 0 bridgehead atoms. The molecule has 1 aliphatic heterocycles. The van der Waals surface area contributed by atoms with Gasteiger partial charge in [-0.1, -0.05) is 28.9 Å². The van der Waals surface area contributed by atoms with E-state index in [1.807, 2.05) is 6.07 Å². The number of nitrogens with one attached hydrogen (secondary N) is 1. The molecule has 0 saturated carbocycles. The second kappa shape index (κ2) is 6.79. The SMILES string of the molecule is CCNCC1OCCN(C)C1c1ccc(F)cc1Br. The minimum atomic E-state index is -0.224. The topological polar surface area (TPSA) is 24.5 Å². The van der Waals surface area contributed by atoms with E-state index in [1.165, 1.54) is 12.1 Å². The highest BCUT2D eigenvalue weighted by molar-refractivity contribution is 9.10. The van der Waals surface area contributed by atoms with Gasteiger partial charge in [0.15, 0.2) is 0 Å². The average molecular weight is 331 g/mol. The molecular formula is C14H20BrFN2O. The number of benzene rings is 1. The van der Waals surface area contributed by atoms with Gasteiger partial charge in [-0.3, -0.25) is 4.90 Å². The molecule has 19 heavy (non-hydrogen) atoms. The van der Waals surface area contributed by atoms with Crippen molar-refractivity contribution in [2.75, 3.05) is 33.3 Å². The molecule has 0 amide bonds. The lowest BCUT2D eigenvalue weighted by atomic mass is 9.98. The van der Waals surface area contributed by atoms with E-state index in [4.69, 9.17) is 4.74 Å². The molecule has 2 rings (SSSR count). The van der Waals surface area contributed by atoms with Crippen molar-refractivity contribution in [3.8, 4) is 0 Å². The van der Waals surface area contributed by atoms with Crippen LogP contribution >= 0.6 is 15.9 Å². The maximum Gasteiger partial charge on any atom is 0.124 e. The van der Waals surface area contributed by atoms with E-state index >= 15 is 0 Å². The lowest BCUT2D eigenvalue weighted by Crippen LogP contribution is -2.47. The predicted molar refractivity (Wildman–Crippen MR) is 77.8 cm³/mol. The first-order valence-electron chi connectivity index (χ1n) is 6.61. The number of ether oxygens (including phenoxy) is 1. The molecule has 1 aliphatic rings. The normalized spacial score (nSPS) is 24.6. The van der Waals surface area contributed by atoms with E-state index in [2.05, 4.69) is 40.1 Å². The molecule has 1 heterocycles. The Morgan fingerprint density at radius 1 is 1.53 bits per heavy atom. The number of hydrogen-bond donors (Lipinski definition) is 1. The van der Waals surface area contributed by atoms with Gasteiger partial charge in [0.05, 0.1) is 18.8 Å². The van der Waals surface area contributed by atoms with Crippen LogP contribution in [-0.4, -0.2) is 44.3 Å². The van der Waals surface area contributed by atoms with Gasteiger partial charge in [-0.15, -0.1) is 0 Å². The van der Waals surface area contributed by atoms with Crippen LogP contribution in [0.5, 0.6) is 0 Å². The summed E-state index contributed by atoms with van der Waals surface area (Å²) in [5.41, 5.74) is 1.08. The van der Waals surface area contributed by atoms with Crippen LogP contribution in [0, 0.1) is 5.82 Å². The molecule has 2 atom stereocenters. The zero-order valence-electron chi connectivity index (χ0n) is 11.3. The maximum absolute atomic E-state index is 13.2. The number of hydrogen-bond acceptors (Lipinski definition) is 3. The summed E-state index contributed by atoms with van der Waals surface area (Å²) in [6, 6.07) is 5.01. The molecule has 1 aromatic rings. The molecule has 0 radical (unpaired) electrons. The number of likely N-dealkylation sites (N-methyl/N-ethyl adjacent to an activating group) is 2. The minimum Gasteiger partial charge on any atom is -0.374 e. The molecule has 106 valence electrons. The van der Waals surface area contributed by atoms with E-state index in [0.29, 0.717) is 0 Å². The molecule has 0 spiro atoms. The minimum absolute atomic E-state index is 0.0838. The van der Waals surface area contributed by atoms with Gasteiger partial charge in [-0.05, 0) is 31.3 Å². The summed E-state index contributed by atoms with van der Waals surface area (Å²) in [5, 5.41) is 3.33. The lowest BCUT2D eigenvalue weighted by Gasteiger charge is -2.40. The zero-order chi connectivity index (χ0) is 13.8. The van der Waals surface area contributed by atoms with Crippen molar-refractivity contribution >= 4 is 15.9 Å². The van der Waals surface area contributed by atoms with Gasteiger partial charge in [0, 0.05) is 17.6 Å². The fourth-order valence-corrected chi connectivity index (χ4v) is 3.08. The van der Waals surface area contributed by atoms with Gasteiger partial charge in [0.2, 0.25) is 0 Å². The second-order valence-corrected chi connectivity index (χ2v) is 5.66. The molecule has 1 aromatic carbocycles. The fourth-order valence-electron chi connectivity index (χ4n) is 2.50. The summed E-state index contributed by atoms with van der Waals surface area (Å²) < 4.78 is 19.9. The van der Waals surface area contributed by atoms with Crippen molar-refractivity contribution in [2.45, 2.75) is 19.1 Å². The van der Waals surface area contributed by atoms with Gasteiger partial charge in [-0.2, -0.15) is 0 Å². The summed E-state index contributed by atoms with van der Waals surface area (Å²) >= 11 is 3.46. The molecule has 1 fully saturated rings. The Morgan fingerprint density at radius 2 is 2.32 bits per heavy atom. The van der Waals surface area contributed by atoms with Crippen LogP contribution in [0.3, 0.4) is 0 Å². The number of nitrogens with zero attached hydrogens (tertiary/aromatic N) is 1. The van der Waals surface area contributed by atoms with Crippen molar-refractivity contribution in [3.63, 3.8) is 0 Å². The summed E-state index contributed by atoms with van der Waals surface area (Å²) in [7, 11) is 2.09. The number of morpholine rings is 1. The molecule has 1 N–H and O–H groups in total. The van der Waals surface area contributed by atoms with E-state index in [1.54, 1.807) is 0 Å². The third-order valence-electron chi connectivity index (χ3n) is 3.48. The van der Waals surface area contributed by atoms with Crippen LogP contribution < -0.4 is 5.32 Å². The first-order valence-corrected chi connectivity index (χ1v) is 7.40. The molecule has 0 aromatic heterocycles. The smallest absolute Gasteiger partial charge is 0.124 e. The quantitative estimate of drug-likeness (QED) is 0.918. The highest BCUT2D eigenvalue weighted by atomic mass is 79.9. The highest BCUT2D eigenvalue weighted by Gasteiger charge is 2.32. The molecule has 1 saturated heterocycles. The standard InChI is InChI=1S/C14H20BrFN2O/c1-3-17-9-13-14(18(2)6-7-19-13)11-5-4-10(16)8-12(11)15/h4-5,8,13-14,17H,3,6-7,9H2,1-2H3. The first kappa shape index (κ1) is 14.9. The predicted octanol–water partition coefficient (Wildman–Crippen LogP) is 2.57. The van der Waals surface area contributed by atoms with Crippen molar-refractivity contribution in [3.05, 3.63) is 34.1 Å². The van der Waals surface area contributed by atoms with Gasteiger partial charge < -0.3 is 10.1 Å². The van der Waals surface area contributed by atoms with E-state index in [9.17, 15) is 4.39 Å². The van der Waals surface area contributed by atoms with Crippen molar-refractivity contribution < 1.29 is 9.13 Å². The Balaban J connectivity index is 2.25.